The van der Waals surface area contributed by atoms with Crippen molar-refractivity contribution in [1.29, 1.82) is 0 Å². The van der Waals surface area contributed by atoms with Crippen LogP contribution in [-0.4, -0.2) is 25.3 Å². The van der Waals surface area contributed by atoms with Crippen molar-refractivity contribution in [2.24, 2.45) is 0 Å². The minimum Gasteiger partial charge on any atom is -0.441 e. The third-order valence-electron chi connectivity index (χ3n) is 5.09. The lowest BCUT2D eigenvalue weighted by Crippen LogP contribution is -2.29. The Morgan fingerprint density at radius 1 is 0.688 bits per heavy atom. The van der Waals surface area contributed by atoms with Gasteiger partial charge in [-0.3, -0.25) is 0 Å². The van der Waals surface area contributed by atoms with Gasteiger partial charge in [-0.25, -0.2) is 9.59 Å². The van der Waals surface area contributed by atoms with Crippen molar-refractivity contribution in [3.63, 3.8) is 0 Å². The normalized spacial score (nSPS) is 12.4. The Morgan fingerprint density at radius 2 is 1.06 bits per heavy atom. The lowest BCUT2D eigenvalue weighted by atomic mass is 10.1. The van der Waals surface area contributed by atoms with Crippen molar-refractivity contribution in [3.05, 3.63) is 71.8 Å². The summed E-state index contributed by atoms with van der Waals surface area (Å²) in [6.45, 7) is 5.12. The zero-order valence-electron chi connectivity index (χ0n) is 19.2. The number of ether oxygens (including phenoxy) is 2. The van der Waals surface area contributed by atoms with Crippen molar-refractivity contribution in [3.8, 4) is 0 Å². The van der Waals surface area contributed by atoms with E-state index >= 15 is 0 Å². The summed E-state index contributed by atoms with van der Waals surface area (Å²) in [6.07, 6.45) is 3.59. The Kier molecular flexibility index (Phi) is 11.7. The molecule has 0 aliphatic rings. The first-order valence-electron chi connectivity index (χ1n) is 11.6. The molecule has 2 atom stereocenters. The average molecular weight is 441 g/mol. The van der Waals surface area contributed by atoms with Crippen molar-refractivity contribution in [2.75, 3.05) is 13.1 Å². The number of benzene rings is 2. The fourth-order valence-corrected chi connectivity index (χ4v) is 3.42. The lowest BCUT2D eigenvalue weighted by Gasteiger charge is -2.18. The zero-order chi connectivity index (χ0) is 23.0. The highest BCUT2D eigenvalue weighted by atomic mass is 16.6. The number of amides is 2. The molecule has 2 rings (SSSR count). The number of hydrogen-bond donors (Lipinski definition) is 2. The van der Waals surface area contributed by atoms with Crippen LogP contribution in [0.3, 0.4) is 0 Å². The van der Waals surface area contributed by atoms with E-state index in [9.17, 15) is 9.59 Å². The van der Waals surface area contributed by atoms with E-state index in [1.807, 2.05) is 60.7 Å². The molecule has 2 amide bonds. The van der Waals surface area contributed by atoms with Crippen LogP contribution in [-0.2, 0) is 9.47 Å². The zero-order valence-corrected chi connectivity index (χ0v) is 19.2. The van der Waals surface area contributed by atoms with E-state index in [0.717, 1.165) is 49.7 Å². The van der Waals surface area contributed by atoms with E-state index in [-0.39, 0.29) is 12.2 Å². The summed E-state index contributed by atoms with van der Waals surface area (Å²) in [5.41, 5.74) is 2.01. The molecule has 0 aliphatic heterocycles. The summed E-state index contributed by atoms with van der Waals surface area (Å²) in [6, 6.07) is 19.6. The SMILES string of the molecule is CCCC(OC(=O)NCCCCNC(=O)OC(CCC)c1ccccc1)c1ccccc1. The number of nitrogens with one attached hydrogen (secondary N) is 2. The number of hydrogen-bond acceptors (Lipinski definition) is 4. The van der Waals surface area contributed by atoms with Gasteiger partial charge in [0.15, 0.2) is 0 Å². The Hall–Kier alpha value is -3.02. The molecule has 32 heavy (non-hydrogen) atoms. The first kappa shape index (κ1) is 25.2. The number of unbranched alkanes of at least 4 members (excludes halogenated alkanes) is 1. The summed E-state index contributed by atoms with van der Waals surface area (Å²) in [4.78, 5) is 24.3. The molecule has 0 fully saturated rings. The first-order valence-corrected chi connectivity index (χ1v) is 11.6. The van der Waals surface area contributed by atoms with Gasteiger partial charge in [0.1, 0.15) is 12.2 Å². The van der Waals surface area contributed by atoms with Gasteiger partial charge in [0.05, 0.1) is 0 Å². The molecular formula is C26H36N2O4. The van der Waals surface area contributed by atoms with Crippen molar-refractivity contribution < 1.29 is 19.1 Å². The van der Waals surface area contributed by atoms with Gasteiger partial charge in [0, 0.05) is 13.1 Å². The number of rotatable bonds is 13. The van der Waals surface area contributed by atoms with E-state index in [4.69, 9.17) is 9.47 Å². The maximum absolute atomic E-state index is 12.1. The second-order valence-corrected chi connectivity index (χ2v) is 7.75. The van der Waals surface area contributed by atoms with Crippen LogP contribution in [0.4, 0.5) is 9.59 Å². The van der Waals surface area contributed by atoms with Crippen molar-refractivity contribution >= 4 is 12.2 Å². The molecule has 6 nitrogen and oxygen atoms in total. The maximum Gasteiger partial charge on any atom is 0.407 e. The fraction of sp³-hybridized carbons (Fsp3) is 0.462. The summed E-state index contributed by atoms with van der Waals surface area (Å²) in [5.74, 6) is 0. The molecular weight excluding hydrogens is 404 g/mol. The van der Waals surface area contributed by atoms with Gasteiger partial charge in [-0.2, -0.15) is 0 Å². The quantitative estimate of drug-likeness (QED) is 0.358. The maximum atomic E-state index is 12.1. The summed E-state index contributed by atoms with van der Waals surface area (Å²) in [5, 5.41) is 5.59. The second kappa shape index (κ2) is 14.9. The van der Waals surface area contributed by atoms with Crippen LogP contribution in [0.15, 0.2) is 60.7 Å². The summed E-state index contributed by atoms with van der Waals surface area (Å²) >= 11 is 0. The van der Waals surface area contributed by atoms with Crippen LogP contribution < -0.4 is 10.6 Å². The van der Waals surface area contributed by atoms with E-state index in [1.54, 1.807) is 0 Å². The Balaban J connectivity index is 1.62. The van der Waals surface area contributed by atoms with Crippen LogP contribution in [0.2, 0.25) is 0 Å². The van der Waals surface area contributed by atoms with E-state index in [2.05, 4.69) is 24.5 Å². The largest absolute Gasteiger partial charge is 0.441 e. The molecule has 0 heterocycles. The van der Waals surface area contributed by atoms with Gasteiger partial charge in [0.25, 0.3) is 0 Å². The van der Waals surface area contributed by atoms with Crippen molar-refractivity contribution in [2.45, 2.75) is 64.6 Å². The highest BCUT2D eigenvalue weighted by molar-refractivity contribution is 5.68. The molecule has 0 saturated heterocycles. The number of alkyl carbamates (subject to hydrolysis) is 2. The molecule has 6 heteroatoms. The molecule has 174 valence electrons. The van der Waals surface area contributed by atoms with Gasteiger partial charge < -0.3 is 20.1 Å². The molecule has 0 aliphatic carbocycles. The molecule has 0 saturated carbocycles. The molecule has 0 bridgehead atoms. The molecule has 0 radical (unpaired) electrons. The van der Waals surface area contributed by atoms with Crippen LogP contribution >= 0.6 is 0 Å². The molecule has 2 N–H and O–H groups in total. The average Bonchev–Trinajstić information content (AvgIpc) is 2.82. The van der Waals surface area contributed by atoms with Crippen molar-refractivity contribution in [1.82, 2.24) is 10.6 Å². The molecule has 2 unspecified atom stereocenters. The predicted molar refractivity (Wildman–Crippen MR) is 126 cm³/mol. The smallest absolute Gasteiger partial charge is 0.407 e. The standard InChI is InChI=1S/C26H36N2O4/c1-3-13-23(21-15-7-5-8-16-21)31-25(29)27-19-11-12-20-28-26(30)32-24(14-4-2)22-17-9-6-10-18-22/h5-10,15-18,23-24H,3-4,11-14,19-20H2,1-2H3,(H,27,29)(H,28,30). The molecule has 2 aromatic rings. The third kappa shape index (κ3) is 9.41. The molecule has 0 spiro atoms. The lowest BCUT2D eigenvalue weighted by molar-refractivity contribution is 0.0902. The van der Waals surface area contributed by atoms with Crippen LogP contribution in [0.25, 0.3) is 0 Å². The third-order valence-corrected chi connectivity index (χ3v) is 5.09. The second-order valence-electron chi connectivity index (χ2n) is 7.75. The van der Waals surface area contributed by atoms with Gasteiger partial charge >= 0.3 is 12.2 Å². The van der Waals surface area contributed by atoms with E-state index in [0.29, 0.717) is 13.1 Å². The van der Waals surface area contributed by atoms with Gasteiger partial charge in [-0.05, 0) is 36.8 Å². The van der Waals surface area contributed by atoms with E-state index < -0.39 is 12.2 Å². The summed E-state index contributed by atoms with van der Waals surface area (Å²) in [7, 11) is 0. The van der Waals surface area contributed by atoms with Crippen LogP contribution in [0, 0.1) is 0 Å². The highest BCUT2D eigenvalue weighted by Gasteiger charge is 2.16. The number of carbonyl (C=O) groups is 2. The van der Waals surface area contributed by atoms with Gasteiger partial charge in [0.2, 0.25) is 0 Å². The molecule has 0 aromatic heterocycles. The molecule has 2 aromatic carbocycles. The monoisotopic (exact) mass is 440 g/mol. The Labute approximate surface area is 191 Å². The topological polar surface area (TPSA) is 76.7 Å². The Bertz CT molecular complexity index is 715. The fourth-order valence-electron chi connectivity index (χ4n) is 3.42. The Morgan fingerprint density at radius 3 is 1.41 bits per heavy atom. The first-order chi connectivity index (χ1) is 15.6. The van der Waals surface area contributed by atoms with Gasteiger partial charge in [-0.1, -0.05) is 87.4 Å². The van der Waals surface area contributed by atoms with Crippen LogP contribution in [0.1, 0.15) is 75.7 Å². The summed E-state index contributed by atoms with van der Waals surface area (Å²) < 4.78 is 11.2. The van der Waals surface area contributed by atoms with Crippen LogP contribution in [0.5, 0.6) is 0 Å². The number of carbonyl (C=O) groups excluding carboxylic acids is 2. The highest BCUT2D eigenvalue weighted by Crippen LogP contribution is 2.23. The minimum atomic E-state index is -0.412. The van der Waals surface area contributed by atoms with Gasteiger partial charge in [-0.15, -0.1) is 0 Å². The predicted octanol–water partition coefficient (Wildman–Crippen LogP) is 6.30. The minimum absolute atomic E-state index is 0.238. The van der Waals surface area contributed by atoms with E-state index in [1.165, 1.54) is 0 Å².